The number of nitriles is 2. The van der Waals surface area contributed by atoms with E-state index in [2.05, 4.69) is 17.5 Å². The Morgan fingerprint density at radius 3 is 1.92 bits per heavy atom. The van der Waals surface area contributed by atoms with Crippen molar-refractivity contribution in [3.8, 4) is 12.1 Å². The number of hydrogen-bond donors (Lipinski definition) is 1. The molecule has 0 bridgehead atoms. The molecule has 0 aliphatic carbocycles. The molecule has 2 N–H and O–H groups in total. The lowest BCUT2D eigenvalue weighted by Gasteiger charge is -2.16. The zero-order valence-electron chi connectivity index (χ0n) is 14.3. The molecule has 0 amide bonds. The summed E-state index contributed by atoms with van der Waals surface area (Å²) in [6.07, 6.45) is 2.66. The largest absolute Gasteiger partial charge is 1.00 e. The molecule has 0 fully saturated rings. The van der Waals surface area contributed by atoms with Crippen molar-refractivity contribution in [1.82, 2.24) is 0 Å². The van der Waals surface area contributed by atoms with Gasteiger partial charge < -0.3 is 31.8 Å². The molecule has 0 unspecified atom stereocenters. The number of benzene rings is 1. The van der Waals surface area contributed by atoms with Gasteiger partial charge in [0, 0.05) is 23.4 Å². The van der Waals surface area contributed by atoms with Gasteiger partial charge in [0.15, 0.2) is 0 Å². The number of nitrogens with two attached hydrogens (primary N) is 1. The summed E-state index contributed by atoms with van der Waals surface area (Å²) in [5.74, 6) is 0. The Morgan fingerprint density at radius 1 is 0.920 bits per heavy atom. The van der Waals surface area contributed by atoms with Crippen molar-refractivity contribution >= 4 is 11.6 Å². The fourth-order valence-corrected chi connectivity index (χ4v) is 2.34. The summed E-state index contributed by atoms with van der Waals surface area (Å²) < 4.78 is 10.9. The number of nitrogens with zero attached hydrogens (tertiary/aromatic N) is 2. The van der Waals surface area contributed by atoms with E-state index in [0.717, 1.165) is 24.4 Å². The molecule has 0 heterocycles. The highest BCUT2D eigenvalue weighted by Crippen LogP contribution is 2.08. The van der Waals surface area contributed by atoms with E-state index in [0.29, 0.717) is 45.3 Å². The number of quaternary nitrogens is 1. The molecule has 25 heavy (non-hydrogen) atoms. The van der Waals surface area contributed by atoms with Crippen LogP contribution in [-0.2, 0) is 16.0 Å². The molecule has 0 aromatic heterocycles. The minimum atomic E-state index is 0. The first-order valence-electron chi connectivity index (χ1n) is 8.23. The van der Waals surface area contributed by atoms with Crippen molar-refractivity contribution in [2.24, 2.45) is 0 Å². The minimum absolute atomic E-state index is 0. The summed E-state index contributed by atoms with van der Waals surface area (Å²) in [5, 5.41) is 20.0. The second-order valence-corrected chi connectivity index (χ2v) is 5.88. The highest BCUT2D eigenvalue weighted by atomic mass is 79.9. The highest BCUT2D eigenvalue weighted by Gasteiger charge is 2.12. The van der Waals surface area contributed by atoms with Crippen LogP contribution in [0, 0.1) is 22.7 Å². The van der Waals surface area contributed by atoms with Gasteiger partial charge in [0.2, 0.25) is 0 Å². The minimum Gasteiger partial charge on any atom is -1.00 e. The van der Waals surface area contributed by atoms with Crippen LogP contribution in [0.15, 0.2) is 24.3 Å². The maximum absolute atomic E-state index is 8.51. The Balaban J connectivity index is 0.00000576. The monoisotopic (exact) mass is 429 g/mol. The Hall–Kier alpha value is -1.15. The highest BCUT2D eigenvalue weighted by molar-refractivity contribution is 6.30. The summed E-state index contributed by atoms with van der Waals surface area (Å²) in [6, 6.07) is 12.4. The molecule has 0 atom stereocenters. The van der Waals surface area contributed by atoms with Gasteiger partial charge in [0.1, 0.15) is 6.54 Å². The van der Waals surface area contributed by atoms with Crippen molar-refractivity contribution in [3.05, 3.63) is 34.9 Å². The predicted octanol–water partition coefficient (Wildman–Crippen LogP) is -0.583. The van der Waals surface area contributed by atoms with Crippen LogP contribution < -0.4 is 22.3 Å². The SMILES string of the molecule is N#CCCOCCC(CCOCCC#N)[NH2+]Cc1ccc(Cl)cc1.[Br-]. The van der Waals surface area contributed by atoms with Gasteiger partial charge in [-0.3, -0.25) is 0 Å². The zero-order valence-corrected chi connectivity index (χ0v) is 16.6. The van der Waals surface area contributed by atoms with Crippen molar-refractivity contribution < 1.29 is 31.8 Å². The van der Waals surface area contributed by atoms with Crippen LogP contribution in [0.3, 0.4) is 0 Å². The van der Waals surface area contributed by atoms with E-state index in [1.54, 1.807) is 0 Å². The van der Waals surface area contributed by atoms with Gasteiger partial charge in [-0.1, -0.05) is 23.7 Å². The second-order valence-electron chi connectivity index (χ2n) is 5.44. The smallest absolute Gasteiger partial charge is 0.101 e. The van der Waals surface area contributed by atoms with E-state index in [1.807, 2.05) is 24.3 Å². The number of rotatable bonds is 13. The Kier molecular flexibility index (Phi) is 15.6. The third-order valence-electron chi connectivity index (χ3n) is 3.58. The molecule has 0 saturated heterocycles. The number of halogens is 2. The Bertz CT molecular complexity index is 505. The van der Waals surface area contributed by atoms with Crippen molar-refractivity contribution in [1.29, 1.82) is 10.5 Å². The van der Waals surface area contributed by atoms with Crippen LogP contribution in [-0.4, -0.2) is 32.5 Å². The first-order chi connectivity index (χ1) is 11.8. The quantitative estimate of drug-likeness (QED) is 0.424. The molecule has 7 heteroatoms. The van der Waals surface area contributed by atoms with E-state index in [1.165, 1.54) is 5.56 Å². The fourth-order valence-electron chi connectivity index (χ4n) is 2.21. The van der Waals surface area contributed by atoms with E-state index in [9.17, 15) is 0 Å². The molecule has 1 rings (SSSR count). The van der Waals surface area contributed by atoms with E-state index < -0.39 is 0 Å². The van der Waals surface area contributed by atoms with E-state index >= 15 is 0 Å². The predicted molar refractivity (Wildman–Crippen MR) is 92.2 cm³/mol. The van der Waals surface area contributed by atoms with Crippen LogP contribution in [0.1, 0.15) is 31.2 Å². The lowest BCUT2D eigenvalue weighted by molar-refractivity contribution is -0.706. The Morgan fingerprint density at radius 2 is 1.44 bits per heavy atom. The van der Waals surface area contributed by atoms with E-state index in [-0.39, 0.29) is 17.0 Å². The summed E-state index contributed by atoms with van der Waals surface area (Å²) >= 11 is 5.91. The lowest BCUT2D eigenvalue weighted by atomic mass is 10.1. The normalized spacial score (nSPS) is 10.1. The van der Waals surface area contributed by atoms with Gasteiger partial charge in [-0.25, -0.2) is 0 Å². The number of ether oxygens (including phenoxy) is 2. The zero-order chi connectivity index (χ0) is 17.5. The first kappa shape index (κ1) is 23.9. The standard InChI is InChI=1S/C18H24ClN3O2.BrH/c19-17-5-3-16(4-6-17)15-22-18(7-13-23-11-1-9-20)8-14-24-12-2-10-21;/h3-6,18,22H,1-2,7-8,11-15H2;1H. The molecule has 1 aromatic carbocycles. The van der Waals surface area contributed by atoms with Gasteiger partial charge in [0.25, 0.3) is 0 Å². The fraction of sp³-hybridized carbons (Fsp3) is 0.556. The van der Waals surface area contributed by atoms with Crippen LogP contribution in [0.5, 0.6) is 0 Å². The molecule has 1 aromatic rings. The maximum Gasteiger partial charge on any atom is 0.101 e. The van der Waals surface area contributed by atoms with Crippen LogP contribution >= 0.6 is 11.6 Å². The summed E-state index contributed by atoms with van der Waals surface area (Å²) in [6.45, 7) is 3.12. The molecule has 5 nitrogen and oxygen atoms in total. The maximum atomic E-state index is 8.51. The molecule has 0 aliphatic rings. The third-order valence-corrected chi connectivity index (χ3v) is 3.83. The molecule has 138 valence electrons. The van der Waals surface area contributed by atoms with Gasteiger partial charge in [-0.05, 0) is 12.1 Å². The van der Waals surface area contributed by atoms with Gasteiger partial charge >= 0.3 is 0 Å². The van der Waals surface area contributed by atoms with Crippen LogP contribution in [0.25, 0.3) is 0 Å². The third kappa shape index (κ3) is 12.8. The number of hydrogen-bond acceptors (Lipinski definition) is 4. The van der Waals surface area contributed by atoms with Crippen molar-refractivity contribution in [2.45, 2.75) is 38.3 Å². The molecule has 0 radical (unpaired) electrons. The average molecular weight is 431 g/mol. The summed E-state index contributed by atoms with van der Waals surface area (Å²) in [5.41, 5.74) is 1.22. The molecular formula is C18H25BrClN3O2. The summed E-state index contributed by atoms with van der Waals surface area (Å²) in [4.78, 5) is 0. The second kappa shape index (κ2) is 16.3. The average Bonchev–Trinajstić information content (AvgIpc) is 2.60. The Labute approximate surface area is 165 Å². The lowest BCUT2D eigenvalue weighted by Crippen LogP contribution is -3.00. The molecular weight excluding hydrogens is 406 g/mol. The van der Waals surface area contributed by atoms with Crippen LogP contribution in [0.4, 0.5) is 0 Å². The molecule has 0 aliphatic heterocycles. The van der Waals surface area contributed by atoms with Gasteiger partial charge in [0.05, 0.1) is 57.4 Å². The van der Waals surface area contributed by atoms with Crippen LogP contribution in [0.2, 0.25) is 5.02 Å². The summed E-state index contributed by atoms with van der Waals surface area (Å²) in [7, 11) is 0. The molecule has 0 saturated carbocycles. The van der Waals surface area contributed by atoms with Gasteiger partial charge in [-0.2, -0.15) is 10.5 Å². The topological polar surface area (TPSA) is 82.6 Å². The van der Waals surface area contributed by atoms with Crippen molar-refractivity contribution in [2.75, 3.05) is 26.4 Å². The van der Waals surface area contributed by atoms with E-state index in [4.69, 9.17) is 31.6 Å². The molecule has 0 spiro atoms. The van der Waals surface area contributed by atoms with Gasteiger partial charge in [-0.15, -0.1) is 0 Å². The van der Waals surface area contributed by atoms with Crippen molar-refractivity contribution in [3.63, 3.8) is 0 Å². The first-order valence-corrected chi connectivity index (χ1v) is 8.61.